The van der Waals surface area contributed by atoms with Gasteiger partial charge in [0.25, 0.3) is 5.69 Å². The van der Waals surface area contributed by atoms with Gasteiger partial charge in [0.2, 0.25) is 20.0 Å². The molecule has 1 N–H and O–H groups in total. The summed E-state index contributed by atoms with van der Waals surface area (Å²) in [5, 5.41) is 11.6. The zero-order valence-electron chi connectivity index (χ0n) is 16.0. The lowest BCUT2D eigenvalue weighted by Crippen LogP contribution is -2.44. The Bertz CT molecular complexity index is 967. The molecule has 0 unspecified atom stereocenters. The Kier molecular flexibility index (Phi) is 6.43. The number of benzene rings is 1. The summed E-state index contributed by atoms with van der Waals surface area (Å²) in [6.07, 6.45) is 2.09. The van der Waals surface area contributed by atoms with E-state index < -0.39 is 25.0 Å². The van der Waals surface area contributed by atoms with Crippen LogP contribution in [-0.4, -0.2) is 77.8 Å². The predicted octanol–water partition coefficient (Wildman–Crippen LogP) is 0.134. The van der Waals surface area contributed by atoms with Gasteiger partial charge >= 0.3 is 0 Å². The van der Waals surface area contributed by atoms with Crippen LogP contribution < -0.4 is 9.62 Å². The molecule has 0 bridgehead atoms. The van der Waals surface area contributed by atoms with Crippen LogP contribution >= 0.6 is 0 Å². The monoisotopic (exact) mass is 448 g/mol. The van der Waals surface area contributed by atoms with Crippen LogP contribution in [-0.2, 0) is 24.8 Å². The van der Waals surface area contributed by atoms with E-state index in [9.17, 15) is 26.9 Å². The van der Waals surface area contributed by atoms with Crippen molar-refractivity contribution in [2.24, 2.45) is 0 Å². The predicted molar refractivity (Wildman–Crippen MR) is 106 cm³/mol. The van der Waals surface area contributed by atoms with Gasteiger partial charge in [0.15, 0.2) is 0 Å². The smallest absolute Gasteiger partial charge is 0.293 e. The first-order chi connectivity index (χ1) is 13.6. The second-order valence-corrected chi connectivity index (χ2v) is 10.8. The van der Waals surface area contributed by atoms with E-state index in [1.807, 2.05) is 0 Å². The van der Waals surface area contributed by atoms with Crippen molar-refractivity contribution >= 4 is 31.4 Å². The molecule has 2 fully saturated rings. The minimum Gasteiger partial charge on any atom is -0.379 e. The summed E-state index contributed by atoms with van der Waals surface area (Å²) >= 11 is 0. The van der Waals surface area contributed by atoms with Crippen molar-refractivity contribution < 1.29 is 26.5 Å². The molecular formula is C16H24N4O7S2. The molecule has 3 rings (SSSR count). The van der Waals surface area contributed by atoms with Gasteiger partial charge in [-0.15, -0.1) is 0 Å². The van der Waals surface area contributed by atoms with Gasteiger partial charge in [-0.05, 0) is 25.0 Å². The van der Waals surface area contributed by atoms with E-state index >= 15 is 0 Å². The molecule has 0 aromatic heterocycles. The lowest BCUT2D eigenvalue weighted by atomic mass is 10.1. The zero-order chi connectivity index (χ0) is 21.2. The topological polar surface area (TPSA) is 139 Å². The largest absolute Gasteiger partial charge is 0.379 e. The van der Waals surface area contributed by atoms with Crippen LogP contribution in [0.25, 0.3) is 0 Å². The second kappa shape index (κ2) is 8.52. The Labute approximate surface area is 169 Å². The van der Waals surface area contributed by atoms with Crippen LogP contribution in [0.2, 0.25) is 0 Å². The van der Waals surface area contributed by atoms with E-state index in [1.165, 1.54) is 16.4 Å². The SMILES string of the molecule is CS(=O)(=O)NC1CCN(c2ccc(S(=O)(=O)N3CCOCC3)cc2[N+](=O)[O-])CC1. The summed E-state index contributed by atoms with van der Waals surface area (Å²) in [6.45, 7) is 1.83. The number of nitrogens with zero attached hydrogens (tertiary/aromatic N) is 3. The Morgan fingerprint density at radius 2 is 1.72 bits per heavy atom. The normalized spacial score (nSPS) is 20.0. The van der Waals surface area contributed by atoms with E-state index in [0.717, 1.165) is 12.3 Å². The molecule has 1 aromatic rings. The van der Waals surface area contributed by atoms with Crippen molar-refractivity contribution in [2.75, 3.05) is 50.5 Å². The third kappa shape index (κ3) is 5.22. The molecule has 162 valence electrons. The van der Waals surface area contributed by atoms with Crippen LogP contribution in [0.3, 0.4) is 0 Å². The van der Waals surface area contributed by atoms with Gasteiger partial charge in [0, 0.05) is 38.3 Å². The maximum atomic E-state index is 12.8. The van der Waals surface area contributed by atoms with Gasteiger partial charge in [-0.2, -0.15) is 4.31 Å². The summed E-state index contributed by atoms with van der Waals surface area (Å²) in [6, 6.07) is 3.71. The lowest BCUT2D eigenvalue weighted by molar-refractivity contribution is -0.384. The average molecular weight is 449 g/mol. The third-order valence-electron chi connectivity index (χ3n) is 4.97. The first-order valence-corrected chi connectivity index (χ1v) is 12.5. The van der Waals surface area contributed by atoms with Gasteiger partial charge < -0.3 is 9.64 Å². The Hall–Kier alpha value is -1.80. The molecule has 13 heteroatoms. The molecule has 11 nitrogen and oxygen atoms in total. The van der Waals surface area contributed by atoms with E-state index in [2.05, 4.69) is 4.72 Å². The third-order valence-corrected chi connectivity index (χ3v) is 7.62. The van der Waals surface area contributed by atoms with Gasteiger partial charge in [0.1, 0.15) is 5.69 Å². The molecule has 1 aromatic carbocycles. The van der Waals surface area contributed by atoms with Crippen molar-refractivity contribution in [1.82, 2.24) is 9.03 Å². The van der Waals surface area contributed by atoms with Crippen molar-refractivity contribution in [3.05, 3.63) is 28.3 Å². The number of piperidine rings is 1. The standard InChI is InChI=1S/C16H24N4O7S2/c1-28(23,24)17-13-4-6-18(7-5-13)15-3-2-14(12-16(15)20(21)22)29(25,26)19-8-10-27-11-9-19/h2-3,12-13,17H,4-11H2,1H3. The lowest BCUT2D eigenvalue weighted by Gasteiger charge is -2.33. The number of anilines is 1. The Morgan fingerprint density at radius 3 is 2.28 bits per heavy atom. The van der Waals surface area contributed by atoms with Gasteiger partial charge in [-0.25, -0.2) is 21.6 Å². The number of nitro groups is 1. The molecule has 0 saturated carbocycles. The molecule has 0 aliphatic carbocycles. The molecule has 2 saturated heterocycles. The van der Waals surface area contributed by atoms with E-state index in [1.54, 1.807) is 4.90 Å². The van der Waals surface area contributed by atoms with Crippen LogP contribution in [0.4, 0.5) is 11.4 Å². The maximum Gasteiger partial charge on any atom is 0.293 e. The molecule has 2 aliphatic rings. The first-order valence-electron chi connectivity index (χ1n) is 9.16. The van der Waals surface area contributed by atoms with E-state index in [4.69, 9.17) is 4.74 Å². The fourth-order valence-corrected chi connectivity index (χ4v) is 5.82. The summed E-state index contributed by atoms with van der Waals surface area (Å²) in [5.74, 6) is 0. The number of nitrogens with one attached hydrogen (secondary N) is 1. The maximum absolute atomic E-state index is 12.8. The summed E-state index contributed by atoms with van der Waals surface area (Å²) in [4.78, 5) is 12.7. The Morgan fingerprint density at radius 1 is 1.10 bits per heavy atom. The summed E-state index contributed by atoms with van der Waals surface area (Å²) < 4.78 is 57.3. The van der Waals surface area contributed by atoms with Crippen molar-refractivity contribution in [3.63, 3.8) is 0 Å². The minimum atomic E-state index is -3.84. The molecule has 0 radical (unpaired) electrons. The highest BCUT2D eigenvalue weighted by molar-refractivity contribution is 7.89. The number of ether oxygens (including phenoxy) is 1. The van der Waals surface area contributed by atoms with Crippen LogP contribution in [0.5, 0.6) is 0 Å². The molecule has 0 atom stereocenters. The number of morpholine rings is 1. The fraction of sp³-hybridized carbons (Fsp3) is 0.625. The number of hydrogen-bond acceptors (Lipinski definition) is 8. The van der Waals surface area contributed by atoms with Crippen LogP contribution in [0.15, 0.2) is 23.1 Å². The molecule has 29 heavy (non-hydrogen) atoms. The zero-order valence-corrected chi connectivity index (χ0v) is 17.6. The van der Waals surface area contributed by atoms with Crippen molar-refractivity contribution in [2.45, 2.75) is 23.8 Å². The number of rotatable bonds is 6. The van der Waals surface area contributed by atoms with Gasteiger partial charge in [0.05, 0.1) is 29.3 Å². The average Bonchev–Trinajstić information content (AvgIpc) is 2.67. The second-order valence-electron chi connectivity index (χ2n) is 7.08. The molecule has 2 aliphatic heterocycles. The summed E-state index contributed by atoms with van der Waals surface area (Å²) in [5.41, 5.74) is 0.0441. The quantitative estimate of drug-likeness (QED) is 0.479. The highest BCUT2D eigenvalue weighted by Gasteiger charge is 2.31. The molecular weight excluding hydrogens is 424 g/mol. The van der Waals surface area contributed by atoms with Crippen molar-refractivity contribution in [3.8, 4) is 0 Å². The van der Waals surface area contributed by atoms with Gasteiger partial charge in [-0.1, -0.05) is 0 Å². The molecule has 2 heterocycles. The highest BCUT2D eigenvalue weighted by Crippen LogP contribution is 2.33. The minimum absolute atomic E-state index is 0.122. The van der Waals surface area contributed by atoms with E-state index in [-0.39, 0.29) is 42.9 Å². The van der Waals surface area contributed by atoms with Crippen LogP contribution in [0.1, 0.15) is 12.8 Å². The van der Waals surface area contributed by atoms with Crippen LogP contribution in [0, 0.1) is 10.1 Å². The molecule has 0 spiro atoms. The van der Waals surface area contributed by atoms with E-state index in [0.29, 0.717) is 31.6 Å². The Balaban J connectivity index is 1.81. The number of hydrogen-bond donors (Lipinski definition) is 1. The molecule has 0 amide bonds. The number of nitro benzene ring substituents is 1. The summed E-state index contributed by atoms with van der Waals surface area (Å²) in [7, 11) is -7.16. The number of sulfonamides is 2. The van der Waals surface area contributed by atoms with Crippen molar-refractivity contribution in [1.29, 1.82) is 0 Å². The fourth-order valence-electron chi connectivity index (χ4n) is 3.55. The van der Waals surface area contributed by atoms with Gasteiger partial charge in [-0.3, -0.25) is 10.1 Å². The highest BCUT2D eigenvalue weighted by atomic mass is 32.2. The first kappa shape index (κ1) is 21.9.